The number of benzene rings is 2. The molecule has 0 saturated heterocycles. The molecule has 0 spiro atoms. The Bertz CT molecular complexity index is 736. The van der Waals surface area contributed by atoms with Crippen molar-refractivity contribution in [1.82, 2.24) is 4.98 Å². The molecule has 0 radical (unpaired) electrons. The van der Waals surface area contributed by atoms with Crippen LogP contribution >= 0.6 is 15.9 Å². The van der Waals surface area contributed by atoms with Crippen LogP contribution in [0.4, 0.5) is 11.7 Å². The second-order valence-electron chi connectivity index (χ2n) is 4.71. The number of aromatic nitrogens is 1. The van der Waals surface area contributed by atoms with Gasteiger partial charge < -0.3 is 15.1 Å². The van der Waals surface area contributed by atoms with Crippen LogP contribution in [0.3, 0.4) is 0 Å². The number of nitrogen functional groups attached to an aromatic ring is 1. The van der Waals surface area contributed by atoms with E-state index in [1.807, 2.05) is 42.3 Å². The second kappa shape index (κ2) is 5.17. The Morgan fingerprint density at radius 1 is 1.20 bits per heavy atom. The minimum atomic E-state index is 0.591. The van der Waals surface area contributed by atoms with Crippen molar-refractivity contribution in [3.05, 3.63) is 52.5 Å². The van der Waals surface area contributed by atoms with E-state index in [9.17, 15) is 0 Å². The van der Waals surface area contributed by atoms with Gasteiger partial charge in [-0.1, -0.05) is 28.1 Å². The van der Waals surface area contributed by atoms with Crippen LogP contribution in [0.25, 0.3) is 11.1 Å². The van der Waals surface area contributed by atoms with E-state index < -0.39 is 0 Å². The Morgan fingerprint density at radius 3 is 2.70 bits per heavy atom. The van der Waals surface area contributed by atoms with Gasteiger partial charge in [-0.3, -0.25) is 0 Å². The van der Waals surface area contributed by atoms with Crippen LogP contribution in [-0.4, -0.2) is 12.0 Å². The van der Waals surface area contributed by atoms with Gasteiger partial charge in [0.1, 0.15) is 5.52 Å². The predicted octanol–water partition coefficient (Wildman–Crippen LogP) is 3.81. The molecule has 0 aliphatic heterocycles. The van der Waals surface area contributed by atoms with Gasteiger partial charge in [-0.05, 0) is 35.9 Å². The number of anilines is 2. The van der Waals surface area contributed by atoms with Gasteiger partial charge in [0, 0.05) is 23.8 Å². The van der Waals surface area contributed by atoms with Gasteiger partial charge in [-0.2, -0.15) is 4.98 Å². The molecule has 2 aromatic carbocycles. The summed E-state index contributed by atoms with van der Waals surface area (Å²) in [6, 6.07) is 14.2. The maximum atomic E-state index is 5.75. The van der Waals surface area contributed by atoms with Gasteiger partial charge in [-0.25, -0.2) is 0 Å². The predicted molar refractivity (Wildman–Crippen MR) is 84.7 cm³/mol. The standard InChI is InChI=1S/C15H14BrN3O/c1-19(9-10-2-4-11(16)5-3-10)15-18-13-8-12(17)6-7-14(13)20-15/h2-8H,9,17H2,1H3. The highest BCUT2D eigenvalue weighted by Crippen LogP contribution is 2.24. The molecular weight excluding hydrogens is 318 g/mol. The zero-order chi connectivity index (χ0) is 14.1. The van der Waals surface area contributed by atoms with Crippen molar-refractivity contribution in [3.8, 4) is 0 Å². The Kier molecular flexibility index (Phi) is 3.36. The Labute approximate surface area is 125 Å². The van der Waals surface area contributed by atoms with Crippen LogP contribution in [0.1, 0.15) is 5.56 Å². The lowest BCUT2D eigenvalue weighted by molar-refractivity contribution is 0.582. The molecule has 102 valence electrons. The minimum Gasteiger partial charge on any atom is -0.423 e. The number of halogens is 1. The summed E-state index contributed by atoms with van der Waals surface area (Å²) in [7, 11) is 1.95. The molecule has 0 unspecified atom stereocenters. The molecule has 2 N–H and O–H groups in total. The van der Waals surface area contributed by atoms with E-state index in [4.69, 9.17) is 10.2 Å². The first-order valence-corrected chi connectivity index (χ1v) is 7.03. The zero-order valence-corrected chi connectivity index (χ0v) is 12.6. The first kappa shape index (κ1) is 13.0. The number of rotatable bonds is 3. The van der Waals surface area contributed by atoms with Crippen molar-refractivity contribution in [2.45, 2.75) is 6.54 Å². The lowest BCUT2D eigenvalue weighted by Crippen LogP contribution is -2.16. The molecule has 0 bridgehead atoms. The lowest BCUT2D eigenvalue weighted by atomic mass is 10.2. The molecule has 0 aliphatic carbocycles. The normalized spacial score (nSPS) is 10.9. The van der Waals surface area contributed by atoms with E-state index >= 15 is 0 Å². The molecule has 4 nitrogen and oxygen atoms in total. The van der Waals surface area contributed by atoms with Gasteiger partial charge in [0.2, 0.25) is 0 Å². The van der Waals surface area contributed by atoms with E-state index in [-0.39, 0.29) is 0 Å². The summed E-state index contributed by atoms with van der Waals surface area (Å²) in [6.45, 7) is 0.732. The summed E-state index contributed by atoms with van der Waals surface area (Å²) >= 11 is 3.43. The number of nitrogens with two attached hydrogens (primary N) is 1. The second-order valence-corrected chi connectivity index (χ2v) is 5.62. The van der Waals surface area contributed by atoms with Crippen molar-refractivity contribution in [1.29, 1.82) is 0 Å². The highest BCUT2D eigenvalue weighted by atomic mass is 79.9. The van der Waals surface area contributed by atoms with Crippen molar-refractivity contribution < 1.29 is 4.42 Å². The quantitative estimate of drug-likeness (QED) is 0.741. The molecule has 1 aromatic heterocycles. The van der Waals surface area contributed by atoms with E-state index in [1.165, 1.54) is 5.56 Å². The molecule has 3 rings (SSSR count). The molecule has 0 fully saturated rings. The average Bonchev–Trinajstić information content (AvgIpc) is 2.84. The van der Waals surface area contributed by atoms with Gasteiger partial charge in [0.15, 0.2) is 5.58 Å². The first-order chi connectivity index (χ1) is 9.61. The summed E-state index contributed by atoms with van der Waals surface area (Å²) < 4.78 is 6.80. The molecule has 0 aliphatic rings. The monoisotopic (exact) mass is 331 g/mol. The van der Waals surface area contributed by atoms with Crippen LogP contribution in [0, 0.1) is 0 Å². The zero-order valence-electron chi connectivity index (χ0n) is 11.0. The number of oxazole rings is 1. The molecule has 1 heterocycles. The van der Waals surface area contributed by atoms with E-state index in [0.29, 0.717) is 11.7 Å². The molecule has 0 atom stereocenters. The maximum absolute atomic E-state index is 5.75. The third-order valence-electron chi connectivity index (χ3n) is 3.06. The van der Waals surface area contributed by atoms with Gasteiger partial charge >= 0.3 is 0 Å². The van der Waals surface area contributed by atoms with Crippen LogP contribution in [-0.2, 0) is 6.54 Å². The average molecular weight is 332 g/mol. The van der Waals surface area contributed by atoms with Crippen LogP contribution in [0.2, 0.25) is 0 Å². The largest absolute Gasteiger partial charge is 0.423 e. The molecule has 5 heteroatoms. The summed E-state index contributed by atoms with van der Waals surface area (Å²) in [6.07, 6.45) is 0. The Morgan fingerprint density at radius 2 is 1.95 bits per heavy atom. The Balaban J connectivity index is 1.84. The fourth-order valence-corrected chi connectivity index (χ4v) is 2.29. The summed E-state index contributed by atoms with van der Waals surface area (Å²) in [5.74, 6) is 0. The fraction of sp³-hybridized carbons (Fsp3) is 0.133. The third kappa shape index (κ3) is 2.63. The minimum absolute atomic E-state index is 0.591. The highest BCUT2D eigenvalue weighted by molar-refractivity contribution is 9.10. The van der Waals surface area contributed by atoms with E-state index in [0.717, 1.165) is 22.1 Å². The van der Waals surface area contributed by atoms with Crippen LogP contribution in [0.5, 0.6) is 0 Å². The van der Waals surface area contributed by atoms with E-state index in [2.05, 4.69) is 33.0 Å². The van der Waals surface area contributed by atoms with Crippen LogP contribution < -0.4 is 10.6 Å². The number of fused-ring (bicyclic) bond motifs is 1. The molecule has 3 aromatic rings. The maximum Gasteiger partial charge on any atom is 0.298 e. The Hall–Kier alpha value is -2.01. The fourth-order valence-electron chi connectivity index (χ4n) is 2.03. The third-order valence-corrected chi connectivity index (χ3v) is 3.59. The van der Waals surface area contributed by atoms with Crippen molar-refractivity contribution >= 4 is 38.7 Å². The molecular formula is C15H14BrN3O. The lowest BCUT2D eigenvalue weighted by Gasteiger charge is -2.14. The first-order valence-electron chi connectivity index (χ1n) is 6.23. The van der Waals surface area contributed by atoms with E-state index in [1.54, 1.807) is 0 Å². The molecule has 0 amide bonds. The summed E-state index contributed by atoms with van der Waals surface area (Å²) in [5, 5.41) is 0. The highest BCUT2D eigenvalue weighted by Gasteiger charge is 2.11. The van der Waals surface area contributed by atoms with Crippen molar-refractivity contribution in [3.63, 3.8) is 0 Å². The number of hydrogen-bond acceptors (Lipinski definition) is 4. The van der Waals surface area contributed by atoms with Gasteiger partial charge in [0.25, 0.3) is 6.01 Å². The smallest absolute Gasteiger partial charge is 0.298 e. The summed E-state index contributed by atoms with van der Waals surface area (Å²) in [4.78, 5) is 6.43. The van der Waals surface area contributed by atoms with Gasteiger partial charge in [0.05, 0.1) is 0 Å². The topological polar surface area (TPSA) is 55.3 Å². The van der Waals surface area contributed by atoms with Gasteiger partial charge in [-0.15, -0.1) is 0 Å². The number of nitrogens with zero attached hydrogens (tertiary/aromatic N) is 2. The van der Waals surface area contributed by atoms with Crippen molar-refractivity contribution in [2.75, 3.05) is 17.7 Å². The molecule has 0 saturated carbocycles. The number of hydrogen-bond donors (Lipinski definition) is 1. The van der Waals surface area contributed by atoms with Crippen molar-refractivity contribution in [2.24, 2.45) is 0 Å². The summed E-state index contributed by atoms with van der Waals surface area (Å²) in [5.41, 5.74) is 9.15. The van der Waals surface area contributed by atoms with Crippen LogP contribution in [0.15, 0.2) is 51.4 Å². The SMILES string of the molecule is CN(Cc1ccc(Br)cc1)c1nc2cc(N)ccc2o1. The molecule has 20 heavy (non-hydrogen) atoms.